The molecule has 0 spiro atoms. The van der Waals surface area contributed by atoms with Gasteiger partial charge in [-0.25, -0.2) is 0 Å². The number of rotatable bonds is 9. The van der Waals surface area contributed by atoms with Crippen LogP contribution in [0.3, 0.4) is 0 Å². The van der Waals surface area contributed by atoms with Crippen molar-refractivity contribution in [3.05, 3.63) is 125 Å². The highest BCUT2D eigenvalue weighted by atomic mass is 16.7. The number of hydrogen-bond donors (Lipinski definition) is 2. The van der Waals surface area contributed by atoms with E-state index >= 15 is 0 Å². The van der Waals surface area contributed by atoms with Crippen LogP contribution in [-0.4, -0.2) is 59.8 Å². The summed E-state index contributed by atoms with van der Waals surface area (Å²) < 4.78 is 18.9. The molecule has 1 amide bonds. The van der Waals surface area contributed by atoms with E-state index in [0.717, 1.165) is 66.2 Å². The predicted molar refractivity (Wildman–Crippen MR) is 168 cm³/mol. The molecule has 2 aliphatic rings. The number of hydrogen-bond acceptors (Lipinski definition) is 7. The second kappa shape index (κ2) is 14.2. The van der Waals surface area contributed by atoms with E-state index in [1.165, 1.54) is 0 Å². The molecule has 2 N–H and O–H groups in total. The van der Waals surface area contributed by atoms with E-state index in [9.17, 15) is 9.90 Å². The van der Waals surface area contributed by atoms with Gasteiger partial charge in [0.15, 0.2) is 6.29 Å². The molecule has 4 unspecified atom stereocenters. The number of nitrogens with zero attached hydrogens (tertiary/aromatic N) is 2. The highest BCUT2D eigenvalue weighted by Crippen LogP contribution is 2.42. The molecule has 2 aliphatic heterocycles. The Morgan fingerprint density at radius 2 is 1.68 bits per heavy atom. The van der Waals surface area contributed by atoms with E-state index in [0.29, 0.717) is 12.1 Å². The summed E-state index contributed by atoms with van der Waals surface area (Å²) in [6, 6.07) is 27.9. The van der Waals surface area contributed by atoms with E-state index < -0.39 is 6.29 Å². The van der Waals surface area contributed by atoms with E-state index in [2.05, 4.69) is 52.5 Å². The third-order valence-electron chi connectivity index (χ3n) is 8.54. The van der Waals surface area contributed by atoms with Crippen molar-refractivity contribution in [1.82, 2.24) is 15.2 Å². The maximum atomic E-state index is 12.6. The third kappa shape index (κ3) is 7.07. The molecule has 4 atom stereocenters. The summed E-state index contributed by atoms with van der Waals surface area (Å²) in [6.45, 7) is 6.68. The lowest BCUT2D eigenvalue weighted by Gasteiger charge is -2.43. The SMILES string of the molecule is CC1C(CN2CCOCC2)OC(c2ccc(-c3ccccc3CNC(=O)c3cccnc3)cc2)OC1c1ccc(CO)cc1. The van der Waals surface area contributed by atoms with Gasteiger partial charge in [0.1, 0.15) is 0 Å². The van der Waals surface area contributed by atoms with Crippen LogP contribution in [0.2, 0.25) is 0 Å². The molecule has 2 saturated heterocycles. The number of nitrogens with one attached hydrogen (secondary N) is 1. The van der Waals surface area contributed by atoms with Gasteiger partial charge >= 0.3 is 0 Å². The van der Waals surface area contributed by atoms with Gasteiger partial charge in [-0.15, -0.1) is 0 Å². The number of ether oxygens (including phenoxy) is 3. The van der Waals surface area contributed by atoms with Crippen LogP contribution in [-0.2, 0) is 27.4 Å². The van der Waals surface area contributed by atoms with Crippen LogP contribution in [0.4, 0.5) is 0 Å². The first-order valence-corrected chi connectivity index (χ1v) is 15.3. The largest absolute Gasteiger partial charge is 0.392 e. The van der Waals surface area contributed by atoms with Crippen LogP contribution >= 0.6 is 0 Å². The van der Waals surface area contributed by atoms with Gasteiger partial charge in [0.05, 0.1) is 37.6 Å². The molecule has 44 heavy (non-hydrogen) atoms. The minimum atomic E-state index is -0.525. The number of pyridine rings is 1. The van der Waals surface area contributed by atoms with Crippen LogP contribution in [0.25, 0.3) is 11.1 Å². The number of aromatic nitrogens is 1. The summed E-state index contributed by atoms with van der Waals surface area (Å²) in [7, 11) is 0. The van der Waals surface area contributed by atoms with E-state index in [4.69, 9.17) is 14.2 Å². The van der Waals surface area contributed by atoms with Crippen molar-refractivity contribution in [1.29, 1.82) is 0 Å². The summed E-state index contributed by atoms with van der Waals surface area (Å²) in [5, 5.41) is 12.6. The van der Waals surface area contributed by atoms with Crippen LogP contribution in [0.1, 0.15) is 51.9 Å². The molecule has 3 heterocycles. The molecule has 8 heteroatoms. The van der Waals surface area contributed by atoms with Crippen LogP contribution < -0.4 is 5.32 Å². The van der Waals surface area contributed by atoms with Crippen molar-refractivity contribution in [3.63, 3.8) is 0 Å². The molecule has 0 saturated carbocycles. The lowest BCUT2D eigenvalue weighted by atomic mass is 9.90. The molecular formula is C36H39N3O5. The zero-order valence-electron chi connectivity index (χ0n) is 25.0. The number of carbonyl (C=O) groups is 1. The molecule has 1 aromatic heterocycles. The van der Waals surface area contributed by atoms with Crippen molar-refractivity contribution >= 4 is 5.91 Å². The third-order valence-corrected chi connectivity index (χ3v) is 8.54. The van der Waals surface area contributed by atoms with Gasteiger partial charge in [0.2, 0.25) is 0 Å². The molecule has 0 radical (unpaired) electrons. The van der Waals surface area contributed by atoms with Crippen LogP contribution in [0.15, 0.2) is 97.3 Å². The van der Waals surface area contributed by atoms with Crippen molar-refractivity contribution < 1.29 is 24.1 Å². The highest BCUT2D eigenvalue weighted by molar-refractivity contribution is 5.93. The smallest absolute Gasteiger partial charge is 0.253 e. The minimum Gasteiger partial charge on any atom is -0.392 e. The van der Waals surface area contributed by atoms with Gasteiger partial charge in [-0.1, -0.05) is 79.7 Å². The first-order valence-electron chi connectivity index (χ1n) is 15.3. The first-order chi connectivity index (χ1) is 21.6. The summed E-state index contributed by atoms with van der Waals surface area (Å²) in [6.07, 6.45) is 2.51. The lowest BCUT2D eigenvalue weighted by Crippen LogP contribution is -2.47. The fourth-order valence-corrected chi connectivity index (χ4v) is 5.92. The lowest BCUT2D eigenvalue weighted by molar-refractivity contribution is -0.277. The second-order valence-electron chi connectivity index (χ2n) is 11.4. The summed E-state index contributed by atoms with van der Waals surface area (Å²) >= 11 is 0. The van der Waals surface area contributed by atoms with Crippen LogP contribution in [0.5, 0.6) is 0 Å². The molecule has 6 rings (SSSR count). The number of amides is 1. The number of benzene rings is 3. The number of carbonyl (C=O) groups excluding carboxylic acids is 1. The quantitative estimate of drug-likeness (QED) is 0.272. The number of morpholine rings is 1. The molecule has 0 bridgehead atoms. The van der Waals surface area contributed by atoms with E-state index in [1.807, 2.05) is 42.5 Å². The Hall–Kier alpha value is -3.92. The molecule has 228 valence electrons. The minimum absolute atomic E-state index is 0.0130. The Morgan fingerprint density at radius 1 is 0.932 bits per heavy atom. The standard InChI is InChI=1S/C36H39N3O5/c1-25-33(23-39-17-19-42-20-18-39)43-36(44-34(25)28-10-8-26(24-40)9-11-28)29-14-12-27(13-15-29)32-7-3-2-5-30(32)22-38-35(41)31-6-4-16-37-21-31/h2-16,21,25,33-34,36,40H,17-20,22-24H2,1H3,(H,38,41). The highest BCUT2D eigenvalue weighted by Gasteiger charge is 2.39. The fourth-order valence-electron chi connectivity index (χ4n) is 5.92. The van der Waals surface area contributed by atoms with Gasteiger partial charge in [-0.05, 0) is 39.9 Å². The topological polar surface area (TPSA) is 93.2 Å². The average molecular weight is 594 g/mol. The molecule has 3 aromatic carbocycles. The Morgan fingerprint density at radius 3 is 2.41 bits per heavy atom. The van der Waals surface area contributed by atoms with Crippen molar-refractivity contribution in [2.75, 3.05) is 32.8 Å². The van der Waals surface area contributed by atoms with Gasteiger partial charge in [0, 0.05) is 50.1 Å². The normalized spacial score (nSPS) is 22.4. The predicted octanol–water partition coefficient (Wildman–Crippen LogP) is 5.29. The monoisotopic (exact) mass is 593 g/mol. The van der Waals surface area contributed by atoms with E-state index in [-0.39, 0.29) is 30.6 Å². The molecular weight excluding hydrogens is 554 g/mol. The van der Waals surface area contributed by atoms with Crippen molar-refractivity contribution in [2.45, 2.75) is 38.6 Å². The average Bonchev–Trinajstić information content (AvgIpc) is 3.09. The first kappa shape index (κ1) is 30.1. The molecule has 4 aromatic rings. The van der Waals surface area contributed by atoms with Crippen molar-refractivity contribution in [3.8, 4) is 11.1 Å². The number of aliphatic hydroxyl groups is 1. The molecule has 0 aliphatic carbocycles. The Bertz CT molecular complexity index is 1510. The Balaban J connectivity index is 1.21. The van der Waals surface area contributed by atoms with Crippen molar-refractivity contribution in [2.24, 2.45) is 5.92 Å². The van der Waals surface area contributed by atoms with Gasteiger partial charge < -0.3 is 24.6 Å². The zero-order valence-corrected chi connectivity index (χ0v) is 25.0. The van der Waals surface area contributed by atoms with E-state index in [1.54, 1.807) is 24.5 Å². The maximum absolute atomic E-state index is 12.6. The number of aliphatic hydroxyl groups excluding tert-OH is 1. The summed E-state index contributed by atoms with van der Waals surface area (Å²) in [5.74, 6) is -0.0293. The summed E-state index contributed by atoms with van der Waals surface area (Å²) in [4.78, 5) is 19.1. The Kier molecular flexibility index (Phi) is 9.75. The molecule has 2 fully saturated rings. The fraction of sp³-hybridized carbons (Fsp3) is 0.333. The zero-order chi connectivity index (χ0) is 30.3. The second-order valence-corrected chi connectivity index (χ2v) is 11.4. The molecule has 8 nitrogen and oxygen atoms in total. The van der Waals surface area contributed by atoms with Gasteiger partial charge in [-0.2, -0.15) is 0 Å². The van der Waals surface area contributed by atoms with Crippen LogP contribution in [0, 0.1) is 5.92 Å². The Labute approximate surface area is 258 Å². The maximum Gasteiger partial charge on any atom is 0.253 e. The van der Waals surface area contributed by atoms with Gasteiger partial charge in [0.25, 0.3) is 5.91 Å². The van der Waals surface area contributed by atoms with Gasteiger partial charge in [-0.3, -0.25) is 14.7 Å². The summed E-state index contributed by atoms with van der Waals surface area (Å²) in [5.41, 5.74) is 6.56.